The van der Waals surface area contributed by atoms with E-state index in [0.29, 0.717) is 18.1 Å². The van der Waals surface area contributed by atoms with Gasteiger partial charge in [0.1, 0.15) is 5.01 Å². The lowest BCUT2D eigenvalue weighted by Gasteiger charge is -1.86. The lowest BCUT2D eigenvalue weighted by molar-refractivity contribution is 0.375. The van der Waals surface area contributed by atoms with Crippen LogP contribution in [0, 0.1) is 6.92 Å². The van der Waals surface area contributed by atoms with Crippen LogP contribution in [0.2, 0.25) is 0 Å². The first kappa shape index (κ1) is 9.29. The van der Waals surface area contributed by atoms with Gasteiger partial charge >= 0.3 is 0 Å². The summed E-state index contributed by atoms with van der Waals surface area (Å²) in [6, 6.07) is 0. The van der Waals surface area contributed by atoms with Crippen molar-refractivity contribution in [3.8, 4) is 0 Å². The van der Waals surface area contributed by atoms with Crippen molar-refractivity contribution >= 4 is 11.3 Å². The number of aryl methyl sites for hydroxylation is 1. The molecule has 2 rings (SSSR count). The number of nitrogens with zero attached hydrogens (tertiary/aromatic N) is 3. The topological polar surface area (TPSA) is 77.8 Å². The molecular weight excluding hydrogens is 200 g/mol. The van der Waals surface area contributed by atoms with Gasteiger partial charge in [-0.25, -0.2) is 4.98 Å². The summed E-state index contributed by atoms with van der Waals surface area (Å²) in [6.45, 7) is 2.24. The van der Waals surface area contributed by atoms with Crippen LogP contribution < -0.4 is 5.73 Å². The Hall–Kier alpha value is -1.27. The zero-order valence-electron chi connectivity index (χ0n) is 7.73. The number of thiazole rings is 1. The molecular formula is C8H10N4OS. The van der Waals surface area contributed by atoms with Gasteiger partial charge in [0.05, 0.1) is 13.0 Å². The van der Waals surface area contributed by atoms with Gasteiger partial charge in [-0.2, -0.15) is 4.98 Å². The zero-order chi connectivity index (χ0) is 9.97. The van der Waals surface area contributed by atoms with E-state index in [9.17, 15) is 0 Å². The van der Waals surface area contributed by atoms with E-state index in [-0.39, 0.29) is 6.54 Å². The van der Waals surface area contributed by atoms with Crippen molar-refractivity contribution in [3.63, 3.8) is 0 Å². The quantitative estimate of drug-likeness (QED) is 0.813. The molecule has 0 aliphatic carbocycles. The monoisotopic (exact) mass is 210 g/mol. The maximum Gasteiger partial charge on any atom is 0.240 e. The van der Waals surface area contributed by atoms with Crippen molar-refractivity contribution in [2.75, 3.05) is 0 Å². The third-order valence-corrected chi connectivity index (χ3v) is 2.63. The smallest absolute Gasteiger partial charge is 0.240 e. The third-order valence-electron chi connectivity index (χ3n) is 1.66. The van der Waals surface area contributed by atoms with E-state index in [2.05, 4.69) is 15.1 Å². The molecule has 0 spiro atoms. The largest absolute Gasteiger partial charge is 0.338 e. The van der Waals surface area contributed by atoms with Crippen LogP contribution in [0.4, 0.5) is 0 Å². The van der Waals surface area contributed by atoms with E-state index in [1.807, 2.05) is 12.3 Å². The molecule has 6 heteroatoms. The van der Waals surface area contributed by atoms with Gasteiger partial charge in [-0.1, -0.05) is 5.16 Å². The van der Waals surface area contributed by atoms with Crippen molar-refractivity contribution in [1.29, 1.82) is 0 Å². The summed E-state index contributed by atoms with van der Waals surface area (Å²) < 4.78 is 4.88. The van der Waals surface area contributed by atoms with Crippen molar-refractivity contribution < 1.29 is 4.52 Å². The predicted molar refractivity (Wildman–Crippen MR) is 51.8 cm³/mol. The first-order chi connectivity index (χ1) is 6.78. The van der Waals surface area contributed by atoms with Gasteiger partial charge in [-0.15, -0.1) is 11.3 Å². The van der Waals surface area contributed by atoms with Crippen LogP contribution in [0.3, 0.4) is 0 Å². The summed E-state index contributed by atoms with van der Waals surface area (Å²) in [7, 11) is 0. The number of rotatable bonds is 3. The second-order valence-corrected chi connectivity index (χ2v) is 3.81. The van der Waals surface area contributed by atoms with E-state index in [1.165, 1.54) is 0 Å². The molecule has 0 amide bonds. The highest BCUT2D eigenvalue weighted by Crippen LogP contribution is 2.12. The number of nitrogens with two attached hydrogens (primary N) is 1. The first-order valence-corrected chi connectivity index (χ1v) is 5.08. The number of hydrogen-bond acceptors (Lipinski definition) is 6. The fraction of sp³-hybridized carbons (Fsp3) is 0.375. The standard InChI is InChI=1S/C8H10N4OS/c1-5-4-14-8(10-5)2-6-11-7(3-9)13-12-6/h4H,2-3,9H2,1H3. The average molecular weight is 210 g/mol. The Labute approximate surface area is 85.0 Å². The Bertz CT molecular complexity index is 422. The molecule has 0 aromatic carbocycles. The van der Waals surface area contributed by atoms with Crippen molar-refractivity contribution in [2.24, 2.45) is 5.73 Å². The molecule has 0 saturated carbocycles. The molecule has 0 atom stereocenters. The minimum Gasteiger partial charge on any atom is -0.338 e. The molecule has 14 heavy (non-hydrogen) atoms. The van der Waals surface area contributed by atoms with Gasteiger partial charge in [0, 0.05) is 11.1 Å². The molecule has 74 valence electrons. The van der Waals surface area contributed by atoms with Crippen LogP contribution >= 0.6 is 11.3 Å². The van der Waals surface area contributed by atoms with Gasteiger partial charge in [-0.05, 0) is 6.92 Å². The Morgan fingerprint density at radius 1 is 1.50 bits per heavy atom. The maximum absolute atomic E-state index is 5.35. The van der Waals surface area contributed by atoms with Crippen LogP contribution in [0.25, 0.3) is 0 Å². The SMILES string of the molecule is Cc1csc(Cc2noc(CN)n2)n1. The van der Waals surface area contributed by atoms with Gasteiger partial charge in [0.2, 0.25) is 5.89 Å². The summed E-state index contributed by atoms with van der Waals surface area (Å²) in [5.74, 6) is 1.10. The molecule has 0 unspecified atom stereocenters. The Morgan fingerprint density at radius 2 is 2.36 bits per heavy atom. The number of hydrogen-bond donors (Lipinski definition) is 1. The molecule has 0 saturated heterocycles. The lowest BCUT2D eigenvalue weighted by atomic mass is 10.4. The van der Waals surface area contributed by atoms with Gasteiger partial charge in [0.25, 0.3) is 0 Å². The Balaban J connectivity index is 2.10. The second kappa shape index (κ2) is 3.85. The van der Waals surface area contributed by atoms with Crippen LogP contribution in [-0.4, -0.2) is 15.1 Å². The first-order valence-electron chi connectivity index (χ1n) is 4.20. The Morgan fingerprint density at radius 3 is 2.93 bits per heavy atom. The van der Waals surface area contributed by atoms with E-state index < -0.39 is 0 Å². The molecule has 2 N–H and O–H groups in total. The molecule has 0 radical (unpaired) electrons. The predicted octanol–water partition coefficient (Wildman–Crippen LogP) is 0.884. The van der Waals surface area contributed by atoms with E-state index >= 15 is 0 Å². The fourth-order valence-electron chi connectivity index (χ4n) is 1.06. The summed E-state index contributed by atoms with van der Waals surface area (Å²) >= 11 is 1.60. The molecule has 2 heterocycles. The van der Waals surface area contributed by atoms with Gasteiger partial charge in [0.15, 0.2) is 5.82 Å². The van der Waals surface area contributed by atoms with Crippen LogP contribution in [0.1, 0.15) is 22.4 Å². The van der Waals surface area contributed by atoms with Crippen LogP contribution in [0.5, 0.6) is 0 Å². The van der Waals surface area contributed by atoms with E-state index in [4.69, 9.17) is 10.3 Å². The number of aromatic nitrogens is 3. The van der Waals surface area contributed by atoms with Crippen molar-refractivity contribution in [3.05, 3.63) is 27.8 Å². The molecule has 0 fully saturated rings. The molecule has 0 aliphatic rings. The van der Waals surface area contributed by atoms with E-state index in [0.717, 1.165) is 10.7 Å². The molecule has 2 aromatic rings. The second-order valence-electron chi connectivity index (χ2n) is 2.87. The minimum atomic E-state index is 0.282. The van der Waals surface area contributed by atoms with Crippen LogP contribution in [0.15, 0.2) is 9.90 Å². The molecule has 5 nitrogen and oxygen atoms in total. The molecule has 2 aromatic heterocycles. The highest BCUT2D eigenvalue weighted by molar-refractivity contribution is 7.09. The minimum absolute atomic E-state index is 0.282. The summed E-state index contributed by atoms with van der Waals surface area (Å²) in [5, 5.41) is 6.78. The average Bonchev–Trinajstić information content (AvgIpc) is 2.76. The highest BCUT2D eigenvalue weighted by atomic mass is 32.1. The van der Waals surface area contributed by atoms with Gasteiger partial charge in [-0.3, -0.25) is 0 Å². The van der Waals surface area contributed by atoms with Crippen LogP contribution in [-0.2, 0) is 13.0 Å². The lowest BCUT2D eigenvalue weighted by Crippen LogP contribution is -1.96. The van der Waals surface area contributed by atoms with Crippen molar-refractivity contribution in [1.82, 2.24) is 15.1 Å². The fourth-order valence-corrected chi connectivity index (χ4v) is 1.83. The normalized spacial score (nSPS) is 10.7. The summed E-state index contributed by atoms with van der Waals surface area (Å²) in [4.78, 5) is 8.40. The Kier molecular flexibility index (Phi) is 2.55. The summed E-state index contributed by atoms with van der Waals surface area (Å²) in [6.07, 6.45) is 0.613. The summed E-state index contributed by atoms with van der Waals surface area (Å²) in [5.41, 5.74) is 6.37. The highest BCUT2D eigenvalue weighted by Gasteiger charge is 2.07. The van der Waals surface area contributed by atoms with E-state index in [1.54, 1.807) is 11.3 Å². The molecule has 0 aliphatic heterocycles. The van der Waals surface area contributed by atoms with Gasteiger partial charge < -0.3 is 10.3 Å². The van der Waals surface area contributed by atoms with Crippen molar-refractivity contribution in [2.45, 2.75) is 19.9 Å². The zero-order valence-corrected chi connectivity index (χ0v) is 8.54. The maximum atomic E-state index is 5.35. The third kappa shape index (κ3) is 1.97. The molecule has 0 bridgehead atoms.